The molecule has 0 atom stereocenters. The van der Waals surface area contributed by atoms with Crippen molar-refractivity contribution in [3.63, 3.8) is 0 Å². The second-order valence-electron chi connectivity index (χ2n) is 7.43. The Hall–Kier alpha value is -2.13. The van der Waals surface area contributed by atoms with Crippen LogP contribution in [0.2, 0.25) is 10.0 Å². The van der Waals surface area contributed by atoms with Crippen LogP contribution in [0.4, 0.5) is 11.4 Å². The monoisotopic (exact) mass is 483 g/mol. The molecule has 1 aliphatic heterocycles. The van der Waals surface area contributed by atoms with E-state index >= 15 is 0 Å². The zero-order valence-electron chi connectivity index (χ0n) is 16.9. The second-order valence-corrected chi connectivity index (χ2v) is 10.2. The van der Waals surface area contributed by atoms with Crippen molar-refractivity contribution in [2.24, 2.45) is 5.92 Å². The standard InChI is InChI=1S/C21H23Cl2N3O4S/c1-14(27)24-17-3-2-4-18(12-17)25-21(28)16-7-9-26(10-8-16)31(29,30)13-15-5-6-19(22)20(23)11-15/h2-6,11-12,16H,7-10,13H2,1H3,(H,24,27)(H,25,28). The largest absolute Gasteiger partial charge is 0.326 e. The van der Waals surface area contributed by atoms with E-state index in [4.69, 9.17) is 23.2 Å². The molecular weight excluding hydrogens is 461 g/mol. The van der Waals surface area contributed by atoms with Gasteiger partial charge in [0.15, 0.2) is 0 Å². The molecule has 0 saturated carbocycles. The number of nitrogens with zero attached hydrogens (tertiary/aromatic N) is 1. The molecular formula is C21H23Cl2N3O4S. The summed E-state index contributed by atoms with van der Waals surface area (Å²) in [7, 11) is -3.53. The van der Waals surface area contributed by atoms with Crippen LogP contribution in [0.1, 0.15) is 25.3 Å². The van der Waals surface area contributed by atoms with Crippen LogP contribution in [0.25, 0.3) is 0 Å². The second kappa shape index (κ2) is 9.99. The molecule has 2 amide bonds. The maximum Gasteiger partial charge on any atom is 0.227 e. The molecule has 3 rings (SSSR count). The molecule has 0 unspecified atom stereocenters. The Morgan fingerprint density at radius 1 is 1.00 bits per heavy atom. The number of sulfonamides is 1. The molecule has 7 nitrogen and oxygen atoms in total. The summed E-state index contributed by atoms with van der Waals surface area (Å²) in [4.78, 5) is 23.8. The SMILES string of the molecule is CC(=O)Nc1cccc(NC(=O)C2CCN(S(=O)(=O)Cc3ccc(Cl)c(Cl)c3)CC2)c1. The number of hydrogen-bond acceptors (Lipinski definition) is 4. The fourth-order valence-corrected chi connectivity index (χ4v) is 5.32. The van der Waals surface area contributed by atoms with E-state index < -0.39 is 10.0 Å². The molecule has 2 aromatic rings. The van der Waals surface area contributed by atoms with Gasteiger partial charge in [-0.2, -0.15) is 0 Å². The fourth-order valence-electron chi connectivity index (χ4n) is 3.45. The number of carbonyl (C=O) groups is 2. The highest BCUT2D eigenvalue weighted by atomic mass is 35.5. The molecule has 0 bridgehead atoms. The quantitative estimate of drug-likeness (QED) is 0.645. The van der Waals surface area contributed by atoms with Gasteiger partial charge in [-0.1, -0.05) is 35.3 Å². The van der Waals surface area contributed by atoms with E-state index in [9.17, 15) is 18.0 Å². The Labute approximate surface area is 191 Å². The number of piperidine rings is 1. The first kappa shape index (κ1) is 23.5. The van der Waals surface area contributed by atoms with Gasteiger partial charge >= 0.3 is 0 Å². The Kier molecular flexibility index (Phi) is 7.59. The molecule has 0 radical (unpaired) electrons. The Balaban J connectivity index is 1.56. The van der Waals surface area contributed by atoms with Crippen molar-refractivity contribution in [2.45, 2.75) is 25.5 Å². The van der Waals surface area contributed by atoms with Crippen LogP contribution in [-0.2, 0) is 25.4 Å². The van der Waals surface area contributed by atoms with Crippen molar-refractivity contribution in [1.82, 2.24) is 4.31 Å². The minimum absolute atomic E-state index is 0.165. The zero-order valence-corrected chi connectivity index (χ0v) is 19.2. The van der Waals surface area contributed by atoms with Gasteiger partial charge in [-0.15, -0.1) is 0 Å². The van der Waals surface area contributed by atoms with Crippen LogP contribution in [0, 0.1) is 5.92 Å². The lowest BCUT2D eigenvalue weighted by molar-refractivity contribution is -0.121. The van der Waals surface area contributed by atoms with Crippen LogP contribution in [0.5, 0.6) is 0 Å². The first-order chi connectivity index (χ1) is 14.6. The molecule has 0 spiro atoms. The normalized spacial score (nSPS) is 15.5. The van der Waals surface area contributed by atoms with Crippen molar-refractivity contribution in [2.75, 3.05) is 23.7 Å². The van der Waals surface area contributed by atoms with E-state index in [1.54, 1.807) is 42.5 Å². The van der Waals surface area contributed by atoms with Gasteiger partial charge < -0.3 is 10.6 Å². The number of benzene rings is 2. The molecule has 0 aromatic heterocycles. The Morgan fingerprint density at radius 2 is 1.65 bits per heavy atom. The zero-order chi connectivity index (χ0) is 22.6. The maximum atomic E-state index is 12.8. The van der Waals surface area contributed by atoms with E-state index in [-0.39, 0.29) is 36.6 Å². The highest BCUT2D eigenvalue weighted by Crippen LogP contribution is 2.26. The van der Waals surface area contributed by atoms with Gasteiger partial charge in [-0.05, 0) is 48.7 Å². The summed E-state index contributed by atoms with van der Waals surface area (Å²) in [5, 5.41) is 6.20. The first-order valence-corrected chi connectivity index (χ1v) is 12.1. The van der Waals surface area contributed by atoms with Gasteiger partial charge in [-0.3, -0.25) is 9.59 Å². The van der Waals surface area contributed by atoms with E-state index in [0.717, 1.165) is 0 Å². The molecule has 166 valence electrons. The molecule has 2 aromatic carbocycles. The van der Waals surface area contributed by atoms with Crippen LogP contribution < -0.4 is 10.6 Å². The molecule has 1 heterocycles. The predicted molar refractivity (Wildman–Crippen MR) is 123 cm³/mol. The topological polar surface area (TPSA) is 95.6 Å². The molecule has 1 fully saturated rings. The summed E-state index contributed by atoms with van der Waals surface area (Å²) in [6.07, 6.45) is 0.857. The fraction of sp³-hybridized carbons (Fsp3) is 0.333. The molecule has 1 aliphatic rings. The van der Waals surface area contributed by atoms with Crippen molar-refractivity contribution >= 4 is 56.4 Å². The molecule has 2 N–H and O–H groups in total. The lowest BCUT2D eigenvalue weighted by atomic mass is 9.97. The van der Waals surface area contributed by atoms with Gasteiger partial charge in [0.05, 0.1) is 15.8 Å². The molecule has 0 aliphatic carbocycles. The van der Waals surface area contributed by atoms with Crippen LogP contribution in [-0.4, -0.2) is 37.6 Å². The van der Waals surface area contributed by atoms with Crippen molar-refractivity contribution in [3.05, 3.63) is 58.1 Å². The summed E-state index contributed by atoms with van der Waals surface area (Å²) in [5.41, 5.74) is 1.73. The highest BCUT2D eigenvalue weighted by Gasteiger charge is 2.31. The summed E-state index contributed by atoms with van der Waals surface area (Å²) < 4.78 is 26.9. The number of hydrogen-bond donors (Lipinski definition) is 2. The maximum absolute atomic E-state index is 12.8. The summed E-state index contributed by atoms with van der Waals surface area (Å²) in [6.45, 7) is 1.95. The van der Waals surface area contributed by atoms with Crippen LogP contribution in [0.3, 0.4) is 0 Å². The number of carbonyl (C=O) groups excluding carboxylic acids is 2. The third kappa shape index (κ3) is 6.43. The van der Waals surface area contributed by atoms with Crippen LogP contribution in [0.15, 0.2) is 42.5 Å². The summed E-state index contributed by atoms with van der Waals surface area (Å²) in [5.74, 6) is -0.822. The van der Waals surface area contributed by atoms with Gasteiger partial charge in [0.1, 0.15) is 0 Å². The average molecular weight is 484 g/mol. The Bertz CT molecular complexity index is 1080. The van der Waals surface area contributed by atoms with Crippen molar-refractivity contribution < 1.29 is 18.0 Å². The summed E-state index contributed by atoms with van der Waals surface area (Å²) in [6, 6.07) is 11.6. The van der Waals surface area contributed by atoms with E-state index in [1.165, 1.54) is 11.2 Å². The lowest BCUT2D eigenvalue weighted by Gasteiger charge is -2.30. The average Bonchev–Trinajstić information content (AvgIpc) is 2.70. The van der Waals surface area contributed by atoms with Crippen molar-refractivity contribution in [3.8, 4) is 0 Å². The highest BCUT2D eigenvalue weighted by molar-refractivity contribution is 7.88. The molecule has 31 heavy (non-hydrogen) atoms. The van der Waals surface area contributed by atoms with Gasteiger partial charge in [0, 0.05) is 37.3 Å². The van der Waals surface area contributed by atoms with Gasteiger partial charge in [-0.25, -0.2) is 12.7 Å². The predicted octanol–water partition coefficient (Wildman–Crippen LogP) is 4.13. The number of amides is 2. The minimum Gasteiger partial charge on any atom is -0.326 e. The smallest absolute Gasteiger partial charge is 0.227 e. The number of nitrogens with one attached hydrogen (secondary N) is 2. The third-order valence-corrected chi connectivity index (χ3v) is 7.59. The minimum atomic E-state index is -3.53. The van der Waals surface area contributed by atoms with E-state index in [0.29, 0.717) is 39.8 Å². The van der Waals surface area contributed by atoms with Gasteiger partial charge in [0.25, 0.3) is 0 Å². The third-order valence-electron chi connectivity index (χ3n) is 5.00. The lowest BCUT2D eigenvalue weighted by Crippen LogP contribution is -2.41. The summed E-state index contributed by atoms with van der Waals surface area (Å²) >= 11 is 11.9. The van der Waals surface area contributed by atoms with Crippen molar-refractivity contribution in [1.29, 1.82) is 0 Å². The van der Waals surface area contributed by atoms with E-state index in [2.05, 4.69) is 10.6 Å². The van der Waals surface area contributed by atoms with Gasteiger partial charge in [0.2, 0.25) is 21.8 Å². The van der Waals surface area contributed by atoms with Crippen LogP contribution >= 0.6 is 23.2 Å². The van der Waals surface area contributed by atoms with E-state index in [1.807, 2.05) is 0 Å². The Morgan fingerprint density at radius 3 is 2.26 bits per heavy atom. The number of rotatable bonds is 6. The molecule has 10 heteroatoms. The first-order valence-electron chi connectivity index (χ1n) is 9.74. The number of anilines is 2. The molecule has 1 saturated heterocycles. The number of halogens is 2.